The summed E-state index contributed by atoms with van der Waals surface area (Å²) in [5.74, 6) is 1.45. The number of fused-ring (bicyclic) bond motifs is 2. The highest BCUT2D eigenvalue weighted by molar-refractivity contribution is 6.15. The first kappa shape index (κ1) is 13.6. The number of hydrogen-bond donors (Lipinski definition) is 0. The van der Waals surface area contributed by atoms with Crippen LogP contribution in [0.1, 0.15) is 15.9 Å². The third-order valence-corrected chi connectivity index (χ3v) is 3.99. The number of carbonyl (C=O) groups is 1. The fourth-order valence-electron chi connectivity index (χ4n) is 2.81. The fourth-order valence-corrected chi connectivity index (χ4v) is 2.81. The molecule has 0 amide bonds. The third kappa shape index (κ3) is 2.27. The molecule has 0 unspecified atom stereocenters. The third-order valence-electron chi connectivity index (χ3n) is 3.99. The van der Waals surface area contributed by atoms with Crippen molar-refractivity contribution in [2.75, 3.05) is 7.11 Å². The maximum atomic E-state index is 12.5. The highest BCUT2D eigenvalue weighted by Crippen LogP contribution is 2.35. The Balaban J connectivity index is 1.79. The van der Waals surface area contributed by atoms with E-state index in [1.165, 1.54) is 0 Å². The number of rotatable bonds is 2. The lowest BCUT2D eigenvalue weighted by atomic mass is 10.0. The second kappa shape index (κ2) is 5.29. The fraction of sp³-hybridized carbons (Fsp3) is 0.0500. The molecule has 0 N–H and O–H groups in total. The van der Waals surface area contributed by atoms with Crippen molar-refractivity contribution in [2.24, 2.45) is 0 Å². The normalized spacial score (nSPS) is 14.8. The number of Topliss-reactive ketones (excluding diaryl/α,β-unsaturated/α-hetero) is 1. The summed E-state index contributed by atoms with van der Waals surface area (Å²) in [6.07, 6.45) is 1.80. The van der Waals surface area contributed by atoms with Gasteiger partial charge in [-0.15, -0.1) is 0 Å². The Labute approximate surface area is 133 Å². The molecule has 1 aliphatic heterocycles. The Morgan fingerprint density at radius 3 is 2.70 bits per heavy atom. The Kier molecular flexibility index (Phi) is 3.12. The van der Waals surface area contributed by atoms with Crippen molar-refractivity contribution in [3.63, 3.8) is 0 Å². The van der Waals surface area contributed by atoms with Gasteiger partial charge in [0.1, 0.15) is 11.5 Å². The molecular formula is C20H14O3. The summed E-state index contributed by atoms with van der Waals surface area (Å²) < 4.78 is 10.9. The highest BCUT2D eigenvalue weighted by Gasteiger charge is 2.27. The molecule has 3 nitrogen and oxygen atoms in total. The van der Waals surface area contributed by atoms with Gasteiger partial charge in [0.25, 0.3) is 0 Å². The molecule has 0 bridgehead atoms. The summed E-state index contributed by atoms with van der Waals surface area (Å²) in [6, 6.07) is 19.3. The summed E-state index contributed by atoms with van der Waals surface area (Å²) in [5.41, 5.74) is 1.53. The summed E-state index contributed by atoms with van der Waals surface area (Å²) in [6.45, 7) is 0. The molecule has 3 aromatic rings. The van der Waals surface area contributed by atoms with Gasteiger partial charge >= 0.3 is 0 Å². The van der Waals surface area contributed by atoms with Crippen LogP contribution in [0.2, 0.25) is 0 Å². The van der Waals surface area contributed by atoms with E-state index in [4.69, 9.17) is 9.47 Å². The van der Waals surface area contributed by atoms with Gasteiger partial charge in [0.2, 0.25) is 5.78 Å². The van der Waals surface area contributed by atoms with Gasteiger partial charge in [-0.1, -0.05) is 42.5 Å². The standard InChI is InChI=1S/C20H14O3/c1-22-15-9-10-17-18(12-15)23-19(20(17)21)11-14-7-4-6-13-5-2-3-8-16(13)14/h2-12H,1H3/b19-11-. The summed E-state index contributed by atoms with van der Waals surface area (Å²) in [5, 5.41) is 2.22. The van der Waals surface area contributed by atoms with Gasteiger partial charge in [-0.05, 0) is 34.5 Å². The van der Waals surface area contributed by atoms with Crippen LogP contribution in [0.25, 0.3) is 16.8 Å². The number of carbonyl (C=O) groups excluding carboxylic acids is 1. The first-order chi connectivity index (χ1) is 11.3. The van der Waals surface area contributed by atoms with E-state index in [1.807, 2.05) is 42.5 Å². The van der Waals surface area contributed by atoms with E-state index in [9.17, 15) is 4.79 Å². The monoisotopic (exact) mass is 302 g/mol. The molecule has 0 radical (unpaired) electrons. The Bertz CT molecular complexity index is 949. The van der Waals surface area contributed by atoms with Gasteiger partial charge in [-0.2, -0.15) is 0 Å². The Morgan fingerprint density at radius 1 is 1.00 bits per heavy atom. The molecule has 0 atom stereocenters. The average molecular weight is 302 g/mol. The Hall–Kier alpha value is -3.07. The lowest BCUT2D eigenvalue weighted by molar-refractivity contribution is 0.101. The number of ketones is 1. The van der Waals surface area contributed by atoms with Crippen LogP contribution < -0.4 is 9.47 Å². The lowest BCUT2D eigenvalue weighted by Crippen LogP contribution is -1.98. The molecule has 0 saturated heterocycles. The van der Waals surface area contributed by atoms with Crippen LogP contribution in [0.4, 0.5) is 0 Å². The number of hydrogen-bond acceptors (Lipinski definition) is 3. The number of benzene rings is 3. The summed E-state index contributed by atoms with van der Waals surface area (Å²) in [7, 11) is 1.59. The highest BCUT2D eigenvalue weighted by atomic mass is 16.5. The smallest absolute Gasteiger partial charge is 0.231 e. The minimum absolute atomic E-state index is 0.101. The van der Waals surface area contributed by atoms with E-state index in [1.54, 1.807) is 31.4 Å². The maximum Gasteiger partial charge on any atom is 0.231 e. The predicted octanol–water partition coefficient (Wildman–Crippen LogP) is 4.46. The molecule has 3 aromatic carbocycles. The van der Waals surface area contributed by atoms with Crippen molar-refractivity contribution in [2.45, 2.75) is 0 Å². The zero-order chi connectivity index (χ0) is 15.8. The zero-order valence-corrected chi connectivity index (χ0v) is 12.6. The van der Waals surface area contributed by atoms with Gasteiger partial charge < -0.3 is 9.47 Å². The van der Waals surface area contributed by atoms with E-state index < -0.39 is 0 Å². The van der Waals surface area contributed by atoms with Crippen molar-refractivity contribution < 1.29 is 14.3 Å². The molecule has 3 heteroatoms. The van der Waals surface area contributed by atoms with Crippen LogP contribution in [0.15, 0.2) is 66.4 Å². The van der Waals surface area contributed by atoms with Gasteiger partial charge in [-0.25, -0.2) is 0 Å². The van der Waals surface area contributed by atoms with Gasteiger partial charge in [0.05, 0.1) is 12.7 Å². The van der Waals surface area contributed by atoms with E-state index in [-0.39, 0.29) is 5.78 Å². The van der Waals surface area contributed by atoms with Crippen molar-refractivity contribution >= 4 is 22.6 Å². The molecular weight excluding hydrogens is 288 g/mol. The van der Waals surface area contributed by atoms with Crippen LogP contribution in [0, 0.1) is 0 Å². The first-order valence-corrected chi connectivity index (χ1v) is 7.36. The molecule has 0 spiro atoms. The van der Waals surface area contributed by atoms with Crippen LogP contribution in [0.3, 0.4) is 0 Å². The Morgan fingerprint density at radius 2 is 1.83 bits per heavy atom. The van der Waals surface area contributed by atoms with E-state index in [2.05, 4.69) is 0 Å². The molecule has 4 rings (SSSR count). The molecule has 0 aliphatic carbocycles. The molecule has 112 valence electrons. The lowest BCUT2D eigenvalue weighted by Gasteiger charge is -2.03. The number of allylic oxidation sites excluding steroid dienone is 1. The summed E-state index contributed by atoms with van der Waals surface area (Å²) in [4.78, 5) is 12.5. The molecule has 1 aliphatic rings. The second-order valence-corrected chi connectivity index (χ2v) is 5.37. The topological polar surface area (TPSA) is 35.5 Å². The number of ether oxygens (including phenoxy) is 2. The minimum atomic E-state index is -0.101. The molecule has 0 saturated carbocycles. The van der Waals surface area contributed by atoms with E-state index in [0.29, 0.717) is 22.8 Å². The van der Waals surface area contributed by atoms with Crippen molar-refractivity contribution in [3.05, 3.63) is 77.5 Å². The maximum absolute atomic E-state index is 12.5. The average Bonchev–Trinajstić information content (AvgIpc) is 2.90. The van der Waals surface area contributed by atoms with Gasteiger partial charge in [0, 0.05) is 6.07 Å². The van der Waals surface area contributed by atoms with Gasteiger partial charge in [0.15, 0.2) is 5.76 Å². The van der Waals surface area contributed by atoms with E-state index >= 15 is 0 Å². The second-order valence-electron chi connectivity index (χ2n) is 5.37. The van der Waals surface area contributed by atoms with E-state index in [0.717, 1.165) is 16.3 Å². The van der Waals surface area contributed by atoms with Crippen LogP contribution in [-0.4, -0.2) is 12.9 Å². The summed E-state index contributed by atoms with van der Waals surface area (Å²) >= 11 is 0. The SMILES string of the molecule is COc1ccc2c(c1)O/C(=C\c1cccc3ccccc13)C2=O. The van der Waals surface area contributed by atoms with Crippen molar-refractivity contribution in [1.29, 1.82) is 0 Å². The predicted molar refractivity (Wildman–Crippen MR) is 89.9 cm³/mol. The van der Waals surface area contributed by atoms with Crippen LogP contribution in [-0.2, 0) is 0 Å². The molecule has 1 heterocycles. The number of methoxy groups -OCH3 is 1. The van der Waals surface area contributed by atoms with Crippen LogP contribution >= 0.6 is 0 Å². The van der Waals surface area contributed by atoms with Crippen molar-refractivity contribution in [1.82, 2.24) is 0 Å². The zero-order valence-electron chi connectivity index (χ0n) is 12.6. The molecule has 23 heavy (non-hydrogen) atoms. The molecule has 0 aromatic heterocycles. The largest absolute Gasteiger partial charge is 0.497 e. The quantitative estimate of drug-likeness (QED) is 0.655. The molecule has 0 fully saturated rings. The van der Waals surface area contributed by atoms with Crippen molar-refractivity contribution in [3.8, 4) is 11.5 Å². The van der Waals surface area contributed by atoms with Crippen LogP contribution in [0.5, 0.6) is 11.5 Å². The minimum Gasteiger partial charge on any atom is -0.497 e. The van der Waals surface area contributed by atoms with Gasteiger partial charge in [-0.3, -0.25) is 4.79 Å². The first-order valence-electron chi connectivity index (χ1n) is 7.36.